The van der Waals surface area contributed by atoms with Crippen molar-refractivity contribution in [2.45, 2.75) is 16.8 Å². The maximum Gasteiger partial charge on any atom is 0.363 e. The van der Waals surface area contributed by atoms with Crippen LogP contribution in [0.5, 0.6) is 5.75 Å². The summed E-state index contributed by atoms with van der Waals surface area (Å²) in [4.78, 5) is 23.0. The van der Waals surface area contributed by atoms with Crippen molar-refractivity contribution in [3.8, 4) is 5.75 Å². The SMILES string of the molecule is COc1ccc(C2=NC(=Cc3cc4cc(C)ccc4nc3Sc3ccc(Cl)cc3)C(=O)O2)cc1. The van der Waals surface area contributed by atoms with Gasteiger partial charge in [0.1, 0.15) is 10.8 Å². The smallest absolute Gasteiger partial charge is 0.363 e. The molecule has 0 saturated carbocycles. The number of carbonyl (C=O) groups excluding carboxylic acids is 1. The fourth-order valence-electron chi connectivity index (χ4n) is 3.51. The third-order valence-electron chi connectivity index (χ3n) is 5.24. The summed E-state index contributed by atoms with van der Waals surface area (Å²) in [6, 6.07) is 22.9. The molecule has 0 radical (unpaired) electrons. The fraction of sp³-hybridized carbons (Fsp3) is 0.0741. The van der Waals surface area contributed by atoms with E-state index in [0.29, 0.717) is 16.3 Å². The molecule has 168 valence electrons. The summed E-state index contributed by atoms with van der Waals surface area (Å²) in [7, 11) is 1.60. The molecule has 2 heterocycles. The zero-order valence-corrected chi connectivity index (χ0v) is 20.0. The standard InChI is InChI=1S/C27H19ClN2O3S/c1-16-3-12-23-18(13-16)14-19(26(30-23)34-22-10-6-20(28)7-11-22)15-24-27(31)33-25(29-24)17-4-8-21(32-2)9-5-17/h3-15H,1-2H3. The van der Waals surface area contributed by atoms with Gasteiger partial charge in [0.15, 0.2) is 5.70 Å². The topological polar surface area (TPSA) is 60.8 Å². The number of nitrogens with zero attached hydrogens (tertiary/aromatic N) is 2. The first-order valence-electron chi connectivity index (χ1n) is 10.5. The first kappa shape index (κ1) is 22.2. The quantitative estimate of drug-likeness (QED) is 0.232. The van der Waals surface area contributed by atoms with Crippen LogP contribution in [0.4, 0.5) is 0 Å². The number of hydrogen-bond donors (Lipinski definition) is 0. The van der Waals surface area contributed by atoms with Crippen LogP contribution in [-0.2, 0) is 9.53 Å². The number of halogens is 1. The highest BCUT2D eigenvalue weighted by Crippen LogP contribution is 2.34. The van der Waals surface area contributed by atoms with E-state index in [1.807, 2.05) is 49.4 Å². The molecule has 0 spiro atoms. The number of benzene rings is 3. The maximum atomic E-state index is 12.6. The highest BCUT2D eigenvalue weighted by atomic mass is 35.5. The third kappa shape index (κ3) is 4.69. The molecule has 1 aromatic heterocycles. The van der Waals surface area contributed by atoms with E-state index in [0.717, 1.165) is 32.0 Å². The summed E-state index contributed by atoms with van der Waals surface area (Å²) in [6.07, 6.45) is 1.73. The minimum atomic E-state index is -0.502. The summed E-state index contributed by atoms with van der Waals surface area (Å²) in [5.41, 5.74) is 3.70. The molecule has 0 fully saturated rings. The van der Waals surface area contributed by atoms with Crippen LogP contribution in [0.25, 0.3) is 17.0 Å². The van der Waals surface area contributed by atoms with Gasteiger partial charge < -0.3 is 9.47 Å². The molecule has 0 bridgehead atoms. The number of fused-ring (bicyclic) bond motifs is 1. The molecule has 4 aromatic rings. The van der Waals surface area contributed by atoms with Gasteiger partial charge in [-0.1, -0.05) is 35.0 Å². The van der Waals surface area contributed by atoms with Crippen LogP contribution < -0.4 is 4.74 Å². The van der Waals surface area contributed by atoms with Crippen molar-refractivity contribution in [3.63, 3.8) is 0 Å². The lowest BCUT2D eigenvalue weighted by molar-refractivity contribution is -0.129. The summed E-state index contributed by atoms with van der Waals surface area (Å²) in [5.74, 6) is 0.471. The number of carbonyl (C=O) groups is 1. The second kappa shape index (κ2) is 9.33. The van der Waals surface area contributed by atoms with Gasteiger partial charge in [-0.25, -0.2) is 14.8 Å². The van der Waals surface area contributed by atoms with Crippen LogP contribution in [0.15, 0.2) is 93.4 Å². The lowest BCUT2D eigenvalue weighted by Crippen LogP contribution is -2.05. The van der Waals surface area contributed by atoms with E-state index in [-0.39, 0.29) is 11.6 Å². The van der Waals surface area contributed by atoms with Gasteiger partial charge in [-0.2, -0.15) is 0 Å². The normalized spacial score (nSPS) is 14.4. The van der Waals surface area contributed by atoms with E-state index >= 15 is 0 Å². The highest BCUT2D eigenvalue weighted by molar-refractivity contribution is 7.99. The lowest BCUT2D eigenvalue weighted by Gasteiger charge is -2.09. The Morgan fingerprint density at radius 2 is 1.76 bits per heavy atom. The first-order valence-corrected chi connectivity index (χ1v) is 11.7. The van der Waals surface area contributed by atoms with Gasteiger partial charge in [0, 0.05) is 26.4 Å². The van der Waals surface area contributed by atoms with Crippen molar-refractivity contribution < 1.29 is 14.3 Å². The number of cyclic esters (lactones) is 1. The summed E-state index contributed by atoms with van der Waals surface area (Å²) in [6.45, 7) is 2.04. The van der Waals surface area contributed by atoms with Crippen molar-refractivity contribution in [3.05, 3.63) is 100 Å². The van der Waals surface area contributed by atoms with Crippen molar-refractivity contribution in [1.29, 1.82) is 0 Å². The number of methoxy groups -OCH3 is 1. The van der Waals surface area contributed by atoms with E-state index in [4.69, 9.17) is 26.1 Å². The summed E-state index contributed by atoms with van der Waals surface area (Å²) in [5, 5.41) is 2.41. The van der Waals surface area contributed by atoms with Gasteiger partial charge in [-0.05, 0) is 79.7 Å². The number of pyridine rings is 1. The number of ether oxygens (including phenoxy) is 2. The van der Waals surface area contributed by atoms with Gasteiger partial charge in [0.05, 0.1) is 12.6 Å². The molecule has 0 N–H and O–H groups in total. The van der Waals surface area contributed by atoms with E-state index in [9.17, 15) is 4.79 Å². The third-order valence-corrected chi connectivity index (χ3v) is 6.52. The number of aromatic nitrogens is 1. The Labute approximate surface area is 206 Å². The summed E-state index contributed by atoms with van der Waals surface area (Å²) < 4.78 is 10.6. The molecule has 0 aliphatic carbocycles. The van der Waals surface area contributed by atoms with Crippen LogP contribution >= 0.6 is 23.4 Å². The Hall–Kier alpha value is -3.61. The number of hydrogen-bond acceptors (Lipinski definition) is 6. The molecular formula is C27H19ClN2O3S. The van der Waals surface area contributed by atoms with Gasteiger partial charge >= 0.3 is 5.97 Å². The average molecular weight is 487 g/mol. The Kier molecular flexibility index (Phi) is 6.09. The van der Waals surface area contributed by atoms with E-state index in [1.165, 1.54) is 11.8 Å². The molecule has 5 rings (SSSR count). The summed E-state index contributed by atoms with van der Waals surface area (Å²) >= 11 is 7.54. The fourth-order valence-corrected chi connectivity index (χ4v) is 4.51. The highest BCUT2D eigenvalue weighted by Gasteiger charge is 2.25. The Morgan fingerprint density at radius 1 is 1.00 bits per heavy atom. The van der Waals surface area contributed by atoms with Crippen LogP contribution in [0.3, 0.4) is 0 Å². The second-order valence-electron chi connectivity index (χ2n) is 7.70. The molecule has 0 amide bonds. The Morgan fingerprint density at radius 3 is 2.50 bits per heavy atom. The van der Waals surface area contributed by atoms with Crippen molar-refractivity contribution in [1.82, 2.24) is 4.98 Å². The van der Waals surface area contributed by atoms with Gasteiger partial charge in [0.25, 0.3) is 0 Å². The van der Waals surface area contributed by atoms with Gasteiger partial charge in [0.2, 0.25) is 5.90 Å². The largest absolute Gasteiger partial charge is 0.497 e. The Balaban J connectivity index is 1.57. The monoisotopic (exact) mass is 486 g/mol. The minimum Gasteiger partial charge on any atom is -0.497 e. The van der Waals surface area contributed by atoms with E-state index in [2.05, 4.69) is 11.1 Å². The van der Waals surface area contributed by atoms with E-state index < -0.39 is 5.97 Å². The molecule has 5 nitrogen and oxygen atoms in total. The van der Waals surface area contributed by atoms with Crippen molar-refractivity contribution in [2.24, 2.45) is 4.99 Å². The van der Waals surface area contributed by atoms with Gasteiger partial charge in [-0.15, -0.1) is 0 Å². The molecule has 3 aromatic carbocycles. The first-order chi connectivity index (χ1) is 16.5. The lowest BCUT2D eigenvalue weighted by atomic mass is 10.1. The van der Waals surface area contributed by atoms with E-state index in [1.54, 1.807) is 37.5 Å². The second-order valence-corrected chi connectivity index (χ2v) is 9.20. The molecule has 0 saturated heterocycles. The van der Waals surface area contributed by atoms with Crippen LogP contribution in [-0.4, -0.2) is 24.0 Å². The number of aryl methyl sites for hydroxylation is 1. The molecule has 34 heavy (non-hydrogen) atoms. The molecule has 1 aliphatic heterocycles. The predicted molar refractivity (Wildman–Crippen MR) is 136 cm³/mol. The van der Waals surface area contributed by atoms with Crippen molar-refractivity contribution >= 4 is 52.2 Å². The number of aliphatic imine (C=N–C) groups is 1. The van der Waals surface area contributed by atoms with Crippen molar-refractivity contribution in [2.75, 3.05) is 7.11 Å². The average Bonchev–Trinajstić information content (AvgIpc) is 3.21. The number of esters is 1. The predicted octanol–water partition coefficient (Wildman–Crippen LogP) is 6.70. The molecular weight excluding hydrogens is 468 g/mol. The molecule has 7 heteroatoms. The molecule has 0 atom stereocenters. The van der Waals surface area contributed by atoms with Crippen LogP contribution in [0.1, 0.15) is 16.7 Å². The maximum absolute atomic E-state index is 12.6. The zero-order valence-electron chi connectivity index (χ0n) is 18.4. The Bertz CT molecular complexity index is 1460. The number of rotatable bonds is 5. The van der Waals surface area contributed by atoms with Gasteiger partial charge in [-0.3, -0.25) is 0 Å². The van der Waals surface area contributed by atoms with Crippen LogP contribution in [0.2, 0.25) is 5.02 Å². The zero-order chi connectivity index (χ0) is 23.7. The molecule has 0 unspecified atom stereocenters. The molecule has 1 aliphatic rings. The van der Waals surface area contributed by atoms with Crippen LogP contribution in [0, 0.1) is 6.92 Å². The minimum absolute atomic E-state index is 0.220.